The number of hydrogen-bond donors (Lipinski definition) is 3. The van der Waals surface area contributed by atoms with Crippen LogP contribution in [0.4, 0.5) is 0 Å². The van der Waals surface area contributed by atoms with E-state index in [-0.39, 0.29) is 35.1 Å². The highest BCUT2D eigenvalue weighted by atomic mass is 79.9. The number of phenolic OH excluding ortho intramolecular Hbond substituents is 2. The molecule has 0 saturated carbocycles. The van der Waals surface area contributed by atoms with Crippen molar-refractivity contribution < 1.29 is 15.3 Å². The first kappa shape index (κ1) is 14.6. The molecule has 4 nitrogen and oxygen atoms in total. The predicted octanol–water partition coefficient (Wildman–Crippen LogP) is 1.77. The number of halogens is 1. The van der Waals surface area contributed by atoms with Crippen molar-refractivity contribution in [1.29, 1.82) is 0 Å². The fourth-order valence-electron chi connectivity index (χ4n) is 3.61. The molecule has 1 aromatic carbocycles. The number of aromatic hydroxyl groups is 2. The highest BCUT2D eigenvalue weighted by Crippen LogP contribution is 2.46. The number of fused-ring (bicyclic) bond motifs is 3. The van der Waals surface area contributed by atoms with Crippen molar-refractivity contribution in [2.45, 2.75) is 31.2 Å². The largest absolute Gasteiger partial charge is 0.504 e. The molecule has 3 rings (SSSR count). The third-order valence-electron chi connectivity index (χ3n) is 4.44. The molecule has 1 saturated heterocycles. The predicted molar refractivity (Wildman–Crippen MR) is 78.2 cm³/mol. The topological polar surface area (TPSA) is 63.9 Å². The van der Waals surface area contributed by atoms with Gasteiger partial charge in [-0.3, -0.25) is 4.90 Å². The normalized spacial score (nSPS) is 25.5. The van der Waals surface area contributed by atoms with E-state index in [0.29, 0.717) is 12.0 Å². The van der Waals surface area contributed by atoms with Gasteiger partial charge in [0.05, 0.1) is 6.61 Å². The van der Waals surface area contributed by atoms with Gasteiger partial charge in [-0.2, -0.15) is 0 Å². The van der Waals surface area contributed by atoms with Crippen molar-refractivity contribution in [3.05, 3.63) is 23.3 Å². The van der Waals surface area contributed by atoms with Crippen molar-refractivity contribution >= 4 is 17.0 Å². The van der Waals surface area contributed by atoms with Crippen molar-refractivity contribution in [2.75, 3.05) is 19.7 Å². The molecule has 0 radical (unpaired) electrons. The Morgan fingerprint density at radius 3 is 2.74 bits per heavy atom. The quantitative estimate of drug-likeness (QED) is 0.723. The van der Waals surface area contributed by atoms with E-state index in [2.05, 4.69) is 4.90 Å². The van der Waals surface area contributed by atoms with Gasteiger partial charge in [-0.15, -0.1) is 17.0 Å². The molecule has 106 valence electrons. The third-order valence-corrected chi connectivity index (χ3v) is 4.44. The van der Waals surface area contributed by atoms with Gasteiger partial charge in [0.15, 0.2) is 11.5 Å². The number of rotatable bonds is 2. The molecule has 1 fully saturated rings. The fraction of sp³-hybridized carbons (Fsp3) is 0.571. The second-order valence-corrected chi connectivity index (χ2v) is 5.26. The molecule has 2 atom stereocenters. The van der Waals surface area contributed by atoms with Gasteiger partial charge in [-0.05, 0) is 37.4 Å². The van der Waals surface area contributed by atoms with Crippen molar-refractivity contribution in [3.8, 4) is 11.5 Å². The molecule has 0 amide bonds. The van der Waals surface area contributed by atoms with Crippen molar-refractivity contribution in [2.24, 2.45) is 0 Å². The Morgan fingerprint density at radius 2 is 2.00 bits per heavy atom. The van der Waals surface area contributed by atoms with Crippen LogP contribution in [0.3, 0.4) is 0 Å². The van der Waals surface area contributed by atoms with E-state index in [9.17, 15) is 10.2 Å². The molecular formula is C14H20BrNO3. The van der Waals surface area contributed by atoms with Crippen LogP contribution in [0.25, 0.3) is 0 Å². The lowest BCUT2D eigenvalue weighted by Gasteiger charge is -2.33. The summed E-state index contributed by atoms with van der Waals surface area (Å²) in [6, 6.07) is 4.02. The lowest BCUT2D eigenvalue weighted by atomic mass is 9.79. The molecular weight excluding hydrogens is 310 g/mol. The number of β-amino-alcohol motifs (C(OH)–C–C–N with tert-alkyl or cyclic N) is 1. The zero-order chi connectivity index (χ0) is 12.7. The summed E-state index contributed by atoms with van der Waals surface area (Å²) in [5.74, 6) is 0.482. The Balaban J connectivity index is 0.00000133. The summed E-state index contributed by atoms with van der Waals surface area (Å²) in [4.78, 5) is 2.34. The third kappa shape index (κ3) is 2.35. The lowest BCUT2D eigenvalue weighted by molar-refractivity contribution is 0.171. The van der Waals surface area contributed by atoms with Crippen LogP contribution in [0.15, 0.2) is 12.1 Å². The van der Waals surface area contributed by atoms with E-state index in [4.69, 9.17) is 5.11 Å². The first-order chi connectivity index (χ1) is 8.72. The lowest BCUT2D eigenvalue weighted by Crippen LogP contribution is -2.36. The number of aliphatic hydroxyl groups excluding tert-OH is 1. The Kier molecular flexibility index (Phi) is 4.38. The number of benzene rings is 1. The second kappa shape index (κ2) is 5.69. The first-order valence-corrected chi connectivity index (χ1v) is 6.61. The summed E-state index contributed by atoms with van der Waals surface area (Å²) in [5, 5.41) is 28.6. The smallest absolute Gasteiger partial charge is 0.160 e. The van der Waals surface area contributed by atoms with E-state index in [0.717, 1.165) is 37.9 Å². The zero-order valence-electron chi connectivity index (χ0n) is 10.7. The van der Waals surface area contributed by atoms with Gasteiger partial charge < -0.3 is 15.3 Å². The second-order valence-electron chi connectivity index (χ2n) is 5.26. The van der Waals surface area contributed by atoms with Gasteiger partial charge in [0, 0.05) is 24.1 Å². The molecule has 5 heteroatoms. The molecule has 0 unspecified atom stereocenters. The van der Waals surface area contributed by atoms with E-state index >= 15 is 0 Å². The molecule has 0 bridgehead atoms. The number of hydrogen-bond acceptors (Lipinski definition) is 4. The Morgan fingerprint density at radius 1 is 1.21 bits per heavy atom. The number of nitrogens with zero attached hydrogens (tertiary/aromatic N) is 1. The summed E-state index contributed by atoms with van der Waals surface area (Å²) < 4.78 is 0. The Hall–Kier alpha value is -0.780. The summed E-state index contributed by atoms with van der Waals surface area (Å²) >= 11 is 0. The number of likely N-dealkylation sites (tertiary alicyclic amines) is 1. The fourth-order valence-corrected chi connectivity index (χ4v) is 3.61. The van der Waals surface area contributed by atoms with Gasteiger partial charge >= 0.3 is 0 Å². The molecule has 2 aliphatic rings. The average Bonchev–Trinajstić information content (AvgIpc) is 2.78. The maximum absolute atomic E-state index is 9.93. The molecule has 1 heterocycles. The Labute approximate surface area is 123 Å². The minimum absolute atomic E-state index is 0. The molecule has 1 aromatic rings. The minimum atomic E-state index is -0.0163. The standard InChI is InChI=1S/C14H19NO3.BrH/c16-8-7-15-6-5-10-9-2-4-13(17)14(18)11(9)1-3-12(10)15;/h2,4,10,12,16-18H,1,3,5-8H2;1H/t10-,12+;/m1./s1. The van der Waals surface area contributed by atoms with E-state index < -0.39 is 0 Å². The van der Waals surface area contributed by atoms with Gasteiger partial charge in [0.25, 0.3) is 0 Å². The van der Waals surface area contributed by atoms with Gasteiger partial charge in [0.1, 0.15) is 0 Å². The Bertz CT molecular complexity index is 466. The van der Waals surface area contributed by atoms with Gasteiger partial charge in [-0.25, -0.2) is 0 Å². The van der Waals surface area contributed by atoms with Crippen LogP contribution in [0.2, 0.25) is 0 Å². The summed E-state index contributed by atoms with van der Waals surface area (Å²) in [6.07, 6.45) is 2.87. The summed E-state index contributed by atoms with van der Waals surface area (Å²) in [5.41, 5.74) is 2.10. The maximum atomic E-state index is 9.93. The number of phenols is 2. The minimum Gasteiger partial charge on any atom is -0.504 e. The van der Waals surface area contributed by atoms with Crippen LogP contribution < -0.4 is 0 Å². The molecule has 3 N–H and O–H groups in total. The van der Waals surface area contributed by atoms with Crippen LogP contribution >= 0.6 is 17.0 Å². The summed E-state index contributed by atoms with van der Waals surface area (Å²) in [6.45, 7) is 1.95. The molecule has 19 heavy (non-hydrogen) atoms. The van der Waals surface area contributed by atoms with Gasteiger partial charge in [0.2, 0.25) is 0 Å². The molecule has 0 aromatic heterocycles. The van der Waals surface area contributed by atoms with Crippen molar-refractivity contribution in [3.63, 3.8) is 0 Å². The van der Waals surface area contributed by atoms with Crippen LogP contribution in [0, 0.1) is 0 Å². The van der Waals surface area contributed by atoms with Crippen LogP contribution in [-0.4, -0.2) is 46.0 Å². The van der Waals surface area contributed by atoms with Crippen LogP contribution in [0.1, 0.15) is 29.9 Å². The van der Waals surface area contributed by atoms with Crippen LogP contribution in [0.5, 0.6) is 11.5 Å². The van der Waals surface area contributed by atoms with E-state index in [1.54, 1.807) is 6.07 Å². The van der Waals surface area contributed by atoms with Gasteiger partial charge in [-0.1, -0.05) is 6.07 Å². The SMILES string of the molecule is Br.OCCN1CC[C@@H]2c3ccc(O)c(O)c3CC[C@@H]21. The van der Waals surface area contributed by atoms with Crippen LogP contribution in [-0.2, 0) is 6.42 Å². The summed E-state index contributed by atoms with van der Waals surface area (Å²) in [7, 11) is 0. The number of aliphatic hydroxyl groups is 1. The molecule has 1 aliphatic heterocycles. The van der Waals surface area contributed by atoms with E-state index in [1.165, 1.54) is 5.56 Å². The molecule has 0 spiro atoms. The molecule has 1 aliphatic carbocycles. The highest BCUT2D eigenvalue weighted by molar-refractivity contribution is 8.93. The average molecular weight is 330 g/mol. The van der Waals surface area contributed by atoms with E-state index in [1.807, 2.05) is 6.07 Å². The maximum Gasteiger partial charge on any atom is 0.160 e. The van der Waals surface area contributed by atoms with Crippen molar-refractivity contribution in [1.82, 2.24) is 4.90 Å². The first-order valence-electron chi connectivity index (χ1n) is 6.61. The zero-order valence-corrected chi connectivity index (χ0v) is 12.5. The monoisotopic (exact) mass is 329 g/mol. The highest BCUT2D eigenvalue weighted by Gasteiger charge is 2.39.